The summed E-state index contributed by atoms with van der Waals surface area (Å²) in [5.74, 6) is 1.53. The van der Waals surface area contributed by atoms with Crippen molar-refractivity contribution in [2.24, 2.45) is 5.73 Å². The van der Waals surface area contributed by atoms with E-state index in [0.717, 1.165) is 5.75 Å². The van der Waals surface area contributed by atoms with Crippen molar-refractivity contribution >= 4 is 23.4 Å². The highest BCUT2D eigenvalue weighted by atomic mass is 32.2. The van der Waals surface area contributed by atoms with Crippen LogP contribution in [-0.4, -0.2) is 21.8 Å². The van der Waals surface area contributed by atoms with Crippen LogP contribution in [0.4, 0.5) is 11.6 Å². The molecule has 1 aromatic heterocycles. The Morgan fingerprint density at radius 3 is 2.38 bits per heavy atom. The minimum Gasteiger partial charge on any atom is -0.383 e. The zero-order chi connectivity index (χ0) is 9.84. The van der Waals surface area contributed by atoms with Gasteiger partial charge in [0.15, 0.2) is 5.16 Å². The molecule has 6 N–H and O–H groups in total. The fourth-order valence-electron chi connectivity index (χ4n) is 0.732. The molecule has 0 bridgehead atoms. The molecule has 1 atom stereocenters. The molecule has 0 aromatic carbocycles. The fraction of sp³-hybridized carbons (Fsp3) is 0.429. The molecule has 5 nitrogen and oxygen atoms in total. The van der Waals surface area contributed by atoms with Crippen molar-refractivity contribution < 1.29 is 0 Å². The Hall–Kier alpha value is -1.01. The fourth-order valence-corrected chi connectivity index (χ4v) is 1.48. The zero-order valence-electron chi connectivity index (χ0n) is 7.40. The Morgan fingerprint density at radius 1 is 1.38 bits per heavy atom. The maximum atomic E-state index is 5.58. The van der Waals surface area contributed by atoms with Crippen LogP contribution in [0.15, 0.2) is 11.2 Å². The summed E-state index contributed by atoms with van der Waals surface area (Å²) < 4.78 is 0. The van der Waals surface area contributed by atoms with Gasteiger partial charge < -0.3 is 17.2 Å². The second-order valence-corrected chi connectivity index (χ2v) is 3.78. The van der Waals surface area contributed by atoms with Gasteiger partial charge in [-0.15, -0.1) is 0 Å². The van der Waals surface area contributed by atoms with Crippen molar-refractivity contribution in [1.29, 1.82) is 0 Å². The van der Waals surface area contributed by atoms with Crippen molar-refractivity contribution in [3.8, 4) is 0 Å². The van der Waals surface area contributed by atoms with Gasteiger partial charge in [0.25, 0.3) is 0 Å². The van der Waals surface area contributed by atoms with E-state index in [9.17, 15) is 0 Å². The molecule has 1 rings (SSSR count). The molecular weight excluding hydrogens is 186 g/mol. The molecule has 0 amide bonds. The first-order valence-corrected chi connectivity index (χ1v) is 4.85. The molecule has 0 aliphatic carbocycles. The molecule has 0 radical (unpaired) electrons. The molecule has 0 spiro atoms. The van der Waals surface area contributed by atoms with Crippen LogP contribution in [0, 0.1) is 0 Å². The van der Waals surface area contributed by atoms with Crippen molar-refractivity contribution in [3.63, 3.8) is 0 Å². The highest BCUT2D eigenvalue weighted by Crippen LogP contribution is 2.16. The van der Waals surface area contributed by atoms with Crippen molar-refractivity contribution in [2.75, 3.05) is 17.2 Å². The number of anilines is 2. The second-order valence-electron chi connectivity index (χ2n) is 2.79. The summed E-state index contributed by atoms with van der Waals surface area (Å²) >= 11 is 1.45. The Bertz CT molecular complexity index is 268. The SMILES string of the molecule is CC(N)CSc1nc(N)cc(N)n1. The van der Waals surface area contributed by atoms with Gasteiger partial charge in [-0.3, -0.25) is 0 Å². The van der Waals surface area contributed by atoms with E-state index in [1.54, 1.807) is 0 Å². The van der Waals surface area contributed by atoms with E-state index in [-0.39, 0.29) is 6.04 Å². The van der Waals surface area contributed by atoms with Crippen molar-refractivity contribution in [3.05, 3.63) is 6.07 Å². The third kappa shape index (κ3) is 3.47. The molecule has 1 aromatic rings. The van der Waals surface area contributed by atoms with Crippen LogP contribution in [0.25, 0.3) is 0 Å². The van der Waals surface area contributed by atoms with Crippen LogP contribution >= 0.6 is 11.8 Å². The average molecular weight is 199 g/mol. The molecular formula is C7H13N5S. The van der Waals surface area contributed by atoms with Gasteiger partial charge >= 0.3 is 0 Å². The Labute approximate surface area is 81.1 Å². The highest BCUT2D eigenvalue weighted by Gasteiger charge is 2.02. The first-order chi connectivity index (χ1) is 6.08. The number of thioether (sulfide) groups is 1. The predicted octanol–water partition coefficient (Wildman–Crippen LogP) is 0.0803. The second kappa shape index (κ2) is 4.29. The van der Waals surface area contributed by atoms with E-state index < -0.39 is 0 Å². The summed E-state index contributed by atoms with van der Waals surface area (Å²) in [6.45, 7) is 1.92. The van der Waals surface area contributed by atoms with Crippen LogP contribution in [0.1, 0.15) is 6.92 Å². The number of nitrogen functional groups attached to an aromatic ring is 2. The largest absolute Gasteiger partial charge is 0.383 e. The highest BCUT2D eigenvalue weighted by molar-refractivity contribution is 7.99. The maximum Gasteiger partial charge on any atom is 0.191 e. The summed E-state index contributed by atoms with van der Waals surface area (Å²) in [7, 11) is 0. The monoisotopic (exact) mass is 199 g/mol. The van der Waals surface area contributed by atoms with E-state index >= 15 is 0 Å². The Morgan fingerprint density at radius 2 is 1.92 bits per heavy atom. The van der Waals surface area contributed by atoms with E-state index in [1.807, 2.05) is 6.92 Å². The Kier molecular flexibility index (Phi) is 3.32. The van der Waals surface area contributed by atoms with Crippen LogP contribution in [0.2, 0.25) is 0 Å². The number of nitrogens with zero attached hydrogens (tertiary/aromatic N) is 2. The normalized spacial score (nSPS) is 12.8. The number of nitrogens with two attached hydrogens (primary N) is 3. The van der Waals surface area contributed by atoms with Crippen molar-refractivity contribution in [2.45, 2.75) is 18.1 Å². The molecule has 0 aliphatic heterocycles. The molecule has 72 valence electrons. The number of hydrogen-bond acceptors (Lipinski definition) is 6. The molecule has 0 saturated carbocycles. The summed E-state index contributed by atoms with van der Waals surface area (Å²) in [4.78, 5) is 8.00. The average Bonchev–Trinajstić information content (AvgIpc) is 1.99. The van der Waals surface area contributed by atoms with E-state index in [1.165, 1.54) is 17.8 Å². The molecule has 0 fully saturated rings. The zero-order valence-corrected chi connectivity index (χ0v) is 8.21. The predicted molar refractivity (Wildman–Crippen MR) is 55.2 cm³/mol. The standard InChI is InChI=1S/C7H13N5S/c1-4(8)3-13-7-11-5(9)2-6(10)12-7/h2,4H,3,8H2,1H3,(H4,9,10,11,12). The maximum absolute atomic E-state index is 5.58. The minimum atomic E-state index is 0.108. The summed E-state index contributed by atoms with van der Waals surface area (Å²) in [5.41, 5.74) is 16.6. The smallest absolute Gasteiger partial charge is 0.191 e. The van der Waals surface area contributed by atoms with Gasteiger partial charge in [-0.25, -0.2) is 9.97 Å². The van der Waals surface area contributed by atoms with Gasteiger partial charge in [0.05, 0.1) is 0 Å². The van der Waals surface area contributed by atoms with Crippen LogP contribution in [0.5, 0.6) is 0 Å². The van der Waals surface area contributed by atoms with E-state index in [2.05, 4.69) is 9.97 Å². The van der Waals surface area contributed by atoms with Crippen molar-refractivity contribution in [1.82, 2.24) is 9.97 Å². The quantitative estimate of drug-likeness (QED) is 0.470. The lowest BCUT2D eigenvalue weighted by molar-refractivity contribution is 0.842. The lowest BCUT2D eigenvalue weighted by Crippen LogP contribution is -2.17. The third-order valence-corrected chi connectivity index (χ3v) is 2.35. The van der Waals surface area contributed by atoms with Gasteiger partial charge in [-0.1, -0.05) is 11.8 Å². The lowest BCUT2D eigenvalue weighted by atomic mass is 10.4. The van der Waals surface area contributed by atoms with E-state index in [4.69, 9.17) is 17.2 Å². The van der Waals surface area contributed by atoms with Gasteiger partial charge in [0.2, 0.25) is 0 Å². The molecule has 1 unspecified atom stereocenters. The van der Waals surface area contributed by atoms with Crippen LogP contribution in [-0.2, 0) is 0 Å². The number of hydrogen-bond donors (Lipinski definition) is 3. The first-order valence-electron chi connectivity index (χ1n) is 3.86. The number of aromatic nitrogens is 2. The lowest BCUT2D eigenvalue weighted by Gasteiger charge is -2.04. The van der Waals surface area contributed by atoms with Gasteiger partial charge in [0, 0.05) is 17.9 Å². The van der Waals surface area contributed by atoms with Gasteiger partial charge in [-0.2, -0.15) is 0 Å². The minimum absolute atomic E-state index is 0.108. The molecule has 1 heterocycles. The molecule has 6 heteroatoms. The van der Waals surface area contributed by atoms with Crippen LogP contribution in [0.3, 0.4) is 0 Å². The molecule has 13 heavy (non-hydrogen) atoms. The molecule has 0 aliphatic rings. The topological polar surface area (TPSA) is 104 Å². The van der Waals surface area contributed by atoms with Gasteiger partial charge in [-0.05, 0) is 6.92 Å². The first kappa shape index (κ1) is 10.1. The summed E-state index contributed by atoms with van der Waals surface area (Å²) in [6, 6.07) is 1.63. The van der Waals surface area contributed by atoms with E-state index in [0.29, 0.717) is 16.8 Å². The third-order valence-electron chi connectivity index (χ3n) is 1.22. The Balaban J connectivity index is 2.66. The number of rotatable bonds is 3. The van der Waals surface area contributed by atoms with Crippen LogP contribution < -0.4 is 17.2 Å². The molecule has 0 saturated heterocycles. The summed E-state index contributed by atoms with van der Waals surface area (Å²) in [6.07, 6.45) is 0. The summed E-state index contributed by atoms with van der Waals surface area (Å²) in [5, 5.41) is 0.579. The van der Waals surface area contributed by atoms with Gasteiger partial charge in [0.1, 0.15) is 11.6 Å².